The fraction of sp³-hybridized carbons (Fsp3) is 0.389. The fourth-order valence-corrected chi connectivity index (χ4v) is 3.40. The maximum absolute atomic E-state index is 12.7. The van der Waals surface area contributed by atoms with Crippen molar-refractivity contribution in [1.29, 1.82) is 0 Å². The predicted octanol–water partition coefficient (Wildman–Crippen LogP) is 2.40. The number of nitrogens with two attached hydrogens (primary N) is 1. The molecular weight excluding hydrogens is 290 g/mol. The Balaban J connectivity index is 1.84. The largest absolute Gasteiger partial charge is 0.368 e. The summed E-state index contributed by atoms with van der Waals surface area (Å²) in [7, 11) is 0. The van der Waals surface area contributed by atoms with Crippen LogP contribution in [0.15, 0.2) is 36.5 Å². The van der Waals surface area contributed by atoms with Crippen LogP contribution in [0.5, 0.6) is 0 Å². The third-order valence-electron chi connectivity index (χ3n) is 4.61. The van der Waals surface area contributed by atoms with Crippen molar-refractivity contribution in [2.24, 2.45) is 11.7 Å². The fourth-order valence-electron chi connectivity index (χ4n) is 3.40. The second kappa shape index (κ2) is 6.77. The van der Waals surface area contributed by atoms with Crippen LogP contribution in [0.1, 0.15) is 42.5 Å². The highest BCUT2D eigenvalue weighted by atomic mass is 16.2. The van der Waals surface area contributed by atoms with Crippen LogP contribution in [-0.2, 0) is 4.79 Å². The molecule has 0 radical (unpaired) electrons. The lowest BCUT2D eigenvalue weighted by Crippen LogP contribution is -2.49. The number of amides is 2. The van der Waals surface area contributed by atoms with Crippen molar-refractivity contribution < 1.29 is 9.59 Å². The third kappa shape index (κ3) is 3.33. The summed E-state index contributed by atoms with van der Waals surface area (Å²) in [5.74, 6) is -0.583. The molecule has 2 amide bonds. The Kier molecular flexibility index (Phi) is 4.55. The normalized spacial score (nSPS) is 16.9. The minimum atomic E-state index is -0.602. The first-order valence-corrected chi connectivity index (χ1v) is 8.11. The summed E-state index contributed by atoms with van der Waals surface area (Å²) in [6.07, 6.45) is 6.84. The molecular formula is C18H21N3O2. The molecule has 0 unspecified atom stereocenters. The van der Waals surface area contributed by atoms with Gasteiger partial charge in [-0.1, -0.05) is 37.5 Å². The van der Waals surface area contributed by atoms with E-state index in [4.69, 9.17) is 5.73 Å². The zero-order valence-corrected chi connectivity index (χ0v) is 13.0. The predicted molar refractivity (Wildman–Crippen MR) is 88.8 cm³/mol. The summed E-state index contributed by atoms with van der Waals surface area (Å²) in [4.78, 5) is 28.8. The van der Waals surface area contributed by atoms with Gasteiger partial charge in [0, 0.05) is 11.6 Å². The molecule has 0 saturated heterocycles. The number of hydrogen-bond acceptors (Lipinski definition) is 3. The number of aromatic nitrogens is 1. The molecule has 5 heteroatoms. The van der Waals surface area contributed by atoms with Gasteiger partial charge in [-0.2, -0.15) is 0 Å². The maximum atomic E-state index is 12.7. The minimum absolute atomic E-state index is 0.137. The van der Waals surface area contributed by atoms with E-state index < -0.39 is 11.9 Å². The summed E-state index contributed by atoms with van der Waals surface area (Å²) in [6.45, 7) is 0. The van der Waals surface area contributed by atoms with E-state index in [0.717, 1.165) is 36.6 Å². The van der Waals surface area contributed by atoms with Crippen molar-refractivity contribution in [1.82, 2.24) is 10.3 Å². The molecule has 2 aromatic rings. The first-order chi connectivity index (χ1) is 11.2. The highest BCUT2D eigenvalue weighted by molar-refractivity contribution is 6.07. The van der Waals surface area contributed by atoms with Crippen LogP contribution in [0.4, 0.5) is 0 Å². The molecule has 1 saturated carbocycles. The van der Waals surface area contributed by atoms with Gasteiger partial charge in [0.15, 0.2) is 0 Å². The van der Waals surface area contributed by atoms with Gasteiger partial charge in [0.25, 0.3) is 5.91 Å². The number of carbonyl (C=O) groups is 2. The number of hydrogen-bond donors (Lipinski definition) is 2. The molecule has 1 aliphatic carbocycles. The molecule has 5 nitrogen and oxygen atoms in total. The van der Waals surface area contributed by atoms with Gasteiger partial charge in [-0.3, -0.25) is 14.6 Å². The molecule has 0 bridgehead atoms. The first-order valence-electron chi connectivity index (χ1n) is 8.11. The first kappa shape index (κ1) is 15.5. The number of benzene rings is 1. The van der Waals surface area contributed by atoms with E-state index in [-0.39, 0.29) is 11.8 Å². The number of rotatable bonds is 4. The van der Waals surface area contributed by atoms with Gasteiger partial charge in [0.1, 0.15) is 6.04 Å². The Labute approximate surface area is 135 Å². The van der Waals surface area contributed by atoms with E-state index in [9.17, 15) is 9.59 Å². The van der Waals surface area contributed by atoms with Crippen LogP contribution in [0, 0.1) is 5.92 Å². The summed E-state index contributed by atoms with van der Waals surface area (Å²) >= 11 is 0. The Bertz CT molecular complexity index is 718. The van der Waals surface area contributed by atoms with E-state index in [1.165, 1.54) is 6.42 Å². The van der Waals surface area contributed by atoms with E-state index in [0.29, 0.717) is 5.56 Å². The molecule has 1 aromatic heterocycles. The Morgan fingerprint density at radius 2 is 1.87 bits per heavy atom. The molecule has 1 heterocycles. The topological polar surface area (TPSA) is 85.1 Å². The minimum Gasteiger partial charge on any atom is -0.368 e. The average molecular weight is 311 g/mol. The van der Waals surface area contributed by atoms with Gasteiger partial charge in [0.05, 0.1) is 11.1 Å². The molecule has 120 valence electrons. The van der Waals surface area contributed by atoms with Crippen LogP contribution in [-0.4, -0.2) is 22.8 Å². The quantitative estimate of drug-likeness (QED) is 0.909. The lowest BCUT2D eigenvalue weighted by Gasteiger charge is -2.28. The van der Waals surface area contributed by atoms with Gasteiger partial charge in [-0.05, 0) is 30.9 Å². The van der Waals surface area contributed by atoms with Gasteiger partial charge in [0.2, 0.25) is 5.91 Å². The summed E-state index contributed by atoms with van der Waals surface area (Å²) in [6, 6.07) is 8.54. The van der Waals surface area contributed by atoms with Gasteiger partial charge < -0.3 is 11.1 Å². The number of carbonyl (C=O) groups excluding carboxylic acids is 2. The highest BCUT2D eigenvalue weighted by Crippen LogP contribution is 2.27. The molecule has 1 fully saturated rings. The monoisotopic (exact) mass is 311 g/mol. The smallest absolute Gasteiger partial charge is 0.252 e. The molecule has 3 rings (SSSR count). The number of nitrogens with zero attached hydrogens (tertiary/aromatic N) is 1. The van der Waals surface area contributed by atoms with Crippen LogP contribution in [0.3, 0.4) is 0 Å². The molecule has 0 aliphatic heterocycles. The molecule has 0 spiro atoms. The van der Waals surface area contributed by atoms with Crippen LogP contribution in [0.2, 0.25) is 0 Å². The van der Waals surface area contributed by atoms with Gasteiger partial charge >= 0.3 is 0 Å². The van der Waals surface area contributed by atoms with Crippen molar-refractivity contribution in [3.05, 3.63) is 42.1 Å². The van der Waals surface area contributed by atoms with E-state index in [1.54, 1.807) is 12.3 Å². The summed E-state index contributed by atoms with van der Waals surface area (Å²) < 4.78 is 0. The van der Waals surface area contributed by atoms with Crippen molar-refractivity contribution >= 4 is 22.7 Å². The van der Waals surface area contributed by atoms with E-state index in [2.05, 4.69) is 10.3 Å². The van der Waals surface area contributed by atoms with Crippen molar-refractivity contribution in [2.45, 2.75) is 38.1 Å². The Hall–Kier alpha value is -2.43. The Morgan fingerprint density at radius 3 is 2.61 bits per heavy atom. The molecule has 23 heavy (non-hydrogen) atoms. The molecule has 1 atom stereocenters. The molecule has 3 N–H and O–H groups in total. The number of nitrogens with one attached hydrogen (secondary N) is 1. The second-order valence-electron chi connectivity index (χ2n) is 6.13. The van der Waals surface area contributed by atoms with Crippen molar-refractivity contribution in [2.75, 3.05) is 0 Å². The van der Waals surface area contributed by atoms with Gasteiger partial charge in [-0.25, -0.2) is 0 Å². The molecule has 1 aliphatic rings. The molecule has 1 aromatic carbocycles. The number of fused-ring (bicyclic) bond motifs is 1. The van der Waals surface area contributed by atoms with Crippen LogP contribution in [0.25, 0.3) is 10.9 Å². The van der Waals surface area contributed by atoms with Crippen molar-refractivity contribution in [3.63, 3.8) is 0 Å². The van der Waals surface area contributed by atoms with E-state index in [1.807, 2.05) is 24.3 Å². The lowest BCUT2D eigenvalue weighted by atomic mass is 9.83. The maximum Gasteiger partial charge on any atom is 0.252 e. The zero-order valence-electron chi connectivity index (χ0n) is 13.0. The SMILES string of the molecule is NC(=O)[C@@H](NC(=O)c1ccnc2ccccc12)C1CCCCC1. The van der Waals surface area contributed by atoms with Crippen LogP contribution < -0.4 is 11.1 Å². The highest BCUT2D eigenvalue weighted by Gasteiger charge is 2.29. The summed E-state index contributed by atoms with van der Waals surface area (Å²) in [5.41, 5.74) is 6.82. The standard InChI is InChI=1S/C18H21N3O2/c19-17(22)16(12-6-2-1-3-7-12)21-18(23)14-10-11-20-15-9-5-4-8-13(14)15/h4-5,8-12,16H,1-3,6-7H2,(H2,19,22)(H,21,23)/t16-/m0/s1. The number of para-hydroxylation sites is 1. The Morgan fingerprint density at radius 1 is 1.13 bits per heavy atom. The zero-order chi connectivity index (χ0) is 16.2. The number of pyridine rings is 1. The van der Waals surface area contributed by atoms with Crippen LogP contribution >= 0.6 is 0 Å². The number of primary amides is 1. The lowest BCUT2D eigenvalue weighted by molar-refractivity contribution is -0.121. The second-order valence-corrected chi connectivity index (χ2v) is 6.13. The van der Waals surface area contributed by atoms with Crippen molar-refractivity contribution in [3.8, 4) is 0 Å². The summed E-state index contributed by atoms with van der Waals surface area (Å²) in [5, 5.41) is 3.63. The third-order valence-corrected chi connectivity index (χ3v) is 4.61. The van der Waals surface area contributed by atoms with E-state index >= 15 is 0 Å². The van der Waals surface area contributed by atoms with Gasteiger partial charge in [-0.15, -0.1) is 0 Å². The average Bonchev–Trinajstić information content (AvgIpc) is 2.59.